The Morgan fingerprint density at radius 1 is 1.30 bits per heavy atom. The Morgan fingerprint density at radius 3 is 2.80 bits per heavy atom. The van der Waals surface area contributed by atoms with Gasteiger partial charge < -0.3 is 15.0 Å². The molecule has 3 nitrogen and oxygen atoms in total. The highest BCUT2D eigenvalue weighted by atomic mass is 16.5. The standard InChI is InChI=1S/C17H30N2O/c1-5-8-15(3)19(4)11-12-20-17-10-7-9-16(13-17)14-18-6-2/h7,9-10,13,15,18H,5-6,8,11-12,14H2,1-4H3. The van der Waals surface area contributed by atoms with Crippen LogP contribution in [0.5, 0.6) is 5.75 Å². The third-order valence-corrected chi connectivity index (χ3v) is 3.65. The fraction of sp³-hybridized carbons (Fsp3) is 0.647. The number of likely N-dealkylation sites (N-methyl/N-ethyl adjacent to an activating group) is 1. The molecular formula is C17H30N2O. The van der Waals surface area contributed by atoms with E-state index in [0.717, 1.165) is 32.0 Å². The van der Waals surface area contributed by atoms with Crippen LogP contribution in [-0.4, -0.2) is 37.7 Å². The van der Waals surface area contributed by atoms with Crippen LogP contribution in [-0.2, 0) is 6.54 Å². The predicted molar refractivity (Wildman–Crippen MR) is 86.3 cm³/mol. The summed E-state index contributed by atoms with van der Waals surface area (Å²) in [6.45, 7) is 10.2. The first-order valence-electron chi connectivity index (χ1n) is 7.80. The Kier molecular flexibility index (Phi) is 8.31. The van der Waals surface area contributed by atoms with Crippen molar-refractivity contribution in [1.82, 2.24) is 10.2 Å². The Balaban J connectivity index is 2.34. The zero-order chi connectivity index (χ0) is 14.8. The van der Waals surface area contributed by atoms with Crippen molar-refractivity contribution in [3.63, 3.8) is 0 Å². The summed E-state index contributed by atoms with van der Waals surface area (Å²) in [6, 6.07) is 8.98. The van der Waals surface area contributed by atoms with Gasteiger partial charge in [-0.3, -0.25) is 0 Å². The fourth-order valence-corrected chi connectivity index (χ4v) is 2.18. The molecule has 0 aliphatic rings. The van der Waals surface area contributed by atoms with Crippen LogP contribution < -0.4 is 10.1 Å². The highest BCUT2D eigenvalue weighted by Gasteiger charge is 2.07. The first kappa shape index (κ1) is 17.0. The minimum Gasteiger partial charge on any atom is -0.492 e. The van der Waals surface area contributed by atoms with Crippen LogP contribution in [0.3, 0.4) is 0 Å². The van der Waals surface area contributed by atoms with Gasteiger partial charge in [-0.25, -0.2) is 0 Å². The minimum absolute atomic E-state index is 0.628. The molecule has 0 aliphatic heterocycles. The van der Waals surface area contributed by atoms with Gasteiger partial charge in [0.25, 0.3) is 0 Å². The third kappa shape index (κ3) is 6.40. The van der Waals surface area contributed by atoms with E-state index in [0.29, 0.717) is 6.04 Å². The predicted octanol–water partition coefficient (Wildman–Crippen LogP) is 3.30. The van der Waals surface area contributed by atoms with Gasteiger partial charge in [-0.1, -0.05) is 32.4 Å². The van der Waals surface area contributed by atoms with Crippen LogP contribution >= 0.6 is 0 Å². The number of benzene rings is 1. The largest absolute Gasteiger partial charge is 0.492 e. The summed E-state index contributed by atoms with van der Waals surface area (Å²) in [5.41, 5.74) is 1.28. The van der Waals surface area contributed by atoms with E-state index >= 15 is 0 Å². The van der Waals surface area contributed by atoms with E-state index in [9.17, 15) is 0 Å². The van der Waals surface area contributed by atoms with E-state index in [-0.39, 0.29) is 0 Å². The van der Waals surface area contributed by atoms with Gasteiger partial charge in [-0.2, -0.15) is 0 Å². The van der Waals surface area contributed by atoms with E-state index in [4.69, 9.17) is 4.74 Å². The summed E-state index contributed by atoms with van der Waals surface area (Å²) in [5, 5.41) is 3.33. The van der Waals surface area contributed by atoms with Crippen molar-refractivity contribution in [2.75, 3.05) is 26.7 Å². The Bertz CT molecular complexity index is 368. The highest BCUT2D eigenvalue weighted by Crippen LogP contribution is 2.13. The topological polar surface area (TPSA) is 24.5 Å². The van der Waals surface area contributed by atoms with Gasteiger partial charge in [0.1, 0.15) is 12.4 Å². The first-order chi connectivity index (χ1) is 9.67. The third-order valence-electron chi connectivity index (χ3n) is 3.65. The summed E-state index contributed by atoms with van der Waals surface area (Å²) in [7, 11) is 2.17. The molecule has 0 heterocycles. The van der Waals surface area contributed by atoms with Crippen LogP contribution in [0.2, 0.25) is 0 Å². The molecule has 1 atom stereocenters. The lowest BCUT2D eigenvalue weighted by atomic mass is 10.2. The van der Waals surface area contributed by atoms with Crippen molar-refractivity contribution in [2.45, 2.75) is 46.2 Å². The van der Waals surface area contributed by atoms with Crippen molar-refractivity contribution in [2.24, 2.45) is 0 Å². The van der Waals surface area contributed by atoms with Crippen LogP contribution in [0, 0.1) is 0 Å². The number of hydrogen-bond donors (Lipinski definition) is 1. The molecule has 0 spiro atoms. The molecule has 0 radical (unpaired) electrons. The second-order valence-corrected chi connectivity index (χ2v) is 5.39. The zero-order valence-electron chi connectivity index (χ0n) is 13.5. The maximum absolute atomic E-state index is 5.86. The SMILES string of the molecule is CCCC(C)N(C)CCOc1cccc(CNCC)c1. The van der Waals surface area contributed by atoms with Crippen LogP contribution in [0.15, 0.2) is 24.3 Å². The first-order valence-corrected chi connectivity index (χ1v) is 7.80. The van der Waals surface area contributed by atoms with Crippen molar-refractivity contribution in [3.05, 3.63) is 29.8 Å². The molecule has 1 aromatic rings. The molecule has 0 saturated heterocycles. The summed E-state index contributed by atoms with van der Waals surface area (Å²) in [6.07, 6.45) is 2.48. The van der Waals surface area contributed by atoms with E-state index in [2.05, 4.69) is 56.2 Å². The second kappa shape index (κ2) is 9.78. The van der Waals surface area contributed by atoms with E-state index in [1.165, 1.54) is 18.4 Å². The molecule has 1 rings (SSSR count). The lowest BCUT2D eigenvalue weighted by molar-refractivity contribution is 0.193. The number of rotatable bonds is 10. The molecule has 0 amide bonds. The average molecular weight is 278 g/mol. The number of ether oxygens (including phenoxy) is 1. The van der Waals surface area contributed by atoms with Crippen molar-refractivity contribution in [3.8, 4) is 5.75 Å². The minimum atomic E-state index is 0.628. The van der Waals surface area contributed by atoms with Gasteiger partial charge in [0.2, 0.25) is 0 Å². The molecule has 3 heteroatoms. The van der Waals surface area contributed by atoms with Gasteiger partial charge in [-0.05, 0) is 44.6 Å². The Hall–Kier alpha value is -1.06. The van der Waals surface area contributed by atoms with Crippen molar-refractivity contribution < 1.29 is 4.74 Å². The quantitative estimate of drug-likeness (QED) is 0.711. The molecule has 1 unspecified atom stereocenters. The molecule has 0 saturated carbocycles. The number of hydrogen-bond acceptors (Lipinski definition) is 3. The molecule has 0 bridgehead atoms. The molecule has 20 heavy (non-hydrogen) atoms. The molecule has 0 aromatic heterocycles. The Labute approximate surface area is 124 Å². The number of nitrogens with one attached hydrogen (secondary N) is 1. The smallest absolute Gasteiger partial charge is 0.119 e. The summed E-state index contributed by atoms with van der Waals surface area (Å²) < 4.78 is 5.86. The Morgan fingerprint density at radius 2 is 2.10 bits per heavy atom. The van der Waals surface area contributed by atoms with Gasteiger partial charge in [-0.15, -0.1) is 0 Å². The van der Waals surface area contributed by atoms with Crippen LogP contribution in [0.1, 0.15) is 39.2 Å². The lowest BCUT2D eigenvalue weighted by Gasteiger charge is -2.24. The van der Waals surface area contributed by atoms with E-state index in [1.807, 2.05) is 6.07 Å². The van der Waals surface area contributed by atoms with Crippen LogP contribution in [0.25, 0.3) is 0 Å². The molecule has 1 aromatic carbocycles. The summed E-state index contributed by atoms with van der Waals surface area (Å²) in [5.74, 6) is 0.969. The maximum Gasteiger partial charge on any atom is 0.119 e. The van der Waals surface area contributed by atoms with Gasteiger partial charge in [0.05, 0.1) is 0 Å². The normalized spacial score (nSPS) is 12.7. The molecule has 0 fully saturated rings. The molecular weight excluding hydrogens is 248 g/mol. The van der Waals surface area contributed by atoms with E-state index in [1.54, 1.807) is 0 Å². The number of nitrogens with zero attached hydrogens (tertiary/aromatic N) is 1. The average Bonchev–Trinajstić information content (AvgIpc) is 2.45. The van der Waals surface area contributed by atoms with Crippen molar-refractivity contribution >= 4 is 0 Å². The maximum atomic E-state index is 5.86. The monoisotopic (exact) mass is 278 g/mol. The van der Waals surface area contributed by atoms with E-state index < -0.39 is 0 Å². The fourth-order valence-electron chi connectivity index (χ4n) is 2.18. The van der Waals surface area contributed by atoms with Gasteiger partial charge in [0.15, 0.2) is 0 Å². The summed E-state index contributed by atoms with van der Waals surface area (Å²) >= 11 is 0. The molecule has 0 aliphatic carbocycles. The van der Waals surface area contributed by atoms with Crippen LogP contribution in [0.4, 0.5) is 0 Å². The zero-order valence-corrected chi connectivity index (χ0v) is 13.5. The molecule has 1 N–H and O–H groups in total. The molecule has 114 valence electrons. The van der Waals surface area contributed by atoms with Gasteiger partial charge in [0, 0.05) is 19.1 Å². The summed E-state index contributed by atoms with van der Waals surface area (Å²) in [4.78, 5) is 2.37. The highest BCUT2D eigenvalue weighted by molar-refractivity contribution is 5.28. The van der Waals surface area contributed by atoms with Gasteiger partial charge >= 0.3 is 0 Å². The lowest BCUT2D eigenvalue weighted by Crippen LogP contribution is -2.32. The van der Waals surface area contributed by atoms with Crippen molar-refractivity contribution in [1.29, 1.82) is 0 Å². The second-order valence-electron chi connectivity index (χ2n) is 5.39.